The molecule has 0 aliphatic carbocycles. The quantitative estimate of drug-likeness (QED) is 0.386. The maximum absolute atomic E-state index is 13.6. The van der Waals surface area contributed by atoms with Gasteiger partial charge < -0.3 is 24.6 Å². The summed E-state index contributed by atoms with van der Waals surface area (Å²) in [4.78, 5) is 32.5. The van der Waals surface area contributed by atoms with Crippen LogP contribution in [0.1, 0.15) is 34.0 Å². The lowest BCUT2D eigenvalue weighted by Crippen LogP contribution is -2.37. The van der Waals surface area contributed by atoms with Crippen LogP contribution in [-0.4, -0.2) is 44.3 Å². The highest BCUT2D eigenvalue weighted by Crippen LogP contribution is 2.41. The van der Waals surface area contributed by atoms with Gasteiger partial charge in [-0.05, 0) is 61.0 Å². The van der Waals surface area contributed by atoms with E-state index < -0.39 is 0 Å². The van der Waals surface area contributed by atoms with Crippen molar-refractivity contribution in [2.75, 3.05) is 24.4 Å². The highest BCUT2D eigenvalue weighted by Gasteiger charge is 2.36. The van der Waals surface area contributed by atoms with Crippen LogP contribution < -0.4 is 25.0 Å². The number of methoxy groups -OCH3 is 1. The Bertz CT molecular complexity index is 1440. The standard InChI is InChI=1S/C29H31N4O5P/c1-17(30-2)28(34)32-21-9-18(8-19(10-21)16-38-39)15-37-27-13-24-23(12-26(27)36-3)29(35)33-22(14-31-24)11-20-6-4-5-7-25(20)33/h4-10,12-14,17,22,30H,11,15-16,39H2,1-3H3,(H,32,34)/t17-,22-/m0/s1. The molecule has 5 rings (SSSR count). The van der Waals surface area contributed by atoms with Crippen molar-refractivity contribution < 1.29 is 23.6 Å². The number of carbonyl (C=O) groups is 2. The van der Waals surface area contributed by atoms with Crippen molar-refractivity contribution in [3.63, 3.8) is 0 Å². The van der Waals surface area contributed by atoms with E-state index in [1.807, 2.05) is 48.7 Å². The first kappa shape index (κ1) is 26.8. The van der Waals surface area contributed by atoms with E-state index in [2.05, 4.69) is 25.1 Å². The molecule has 2 N–H and O–H groups in total. The Morgan fingerprint density at radius 3 is 2.64 bits per heavy atom. The number of amides is 2. The third-order valence-electron chi connectivity index (χ3n) is 6.92. The van der Waals surface area contributed by atoms with Crippen LogP contribution in [0.25, 0.3) is 0 Å². The number of anilines is 2. The van der Waals surface area contributed by atoms with Gasteiger partial charge in [0.2, 0.25) is 5.91 Å². The SMILES string of the molecule is CN[C@@H](C)C(=O)Nc1cc(COP)cc(COc2cc3c(cc2OC)C(=O)N2c4ccccc4C[C@H]2C=N3)c1. The molecular formula is C29H31N4O5P. The zero-order chi connectivity index (χ0) is 27.5. The number of para-hydroxylation sites is 1. The second-order valence-electron chi connectivity index (χ2n) is 9.51. The summed E-state index contributed by atoms with van der Waals surface area (Å²) < 4.78 is 17.0. The summed E-state index contributed by atoms with van der Waals surface area (Å²) in [6, 6.07) is 16.5. The molecule has 39 heavy (non-hydrogen) atoms. The number of nitrogens with zero attached hydrogens (tertiary/aromatic N) is 2. The molecule has 0 aromatic heterocycles. The second-order valence-corrected chi connectivity index (χ2v) is 9.84. The molecule has 3 atom stereocenters. The maximum Gasteiger partial charge on any atom is 0.261 e. The molecule has 3 aromatic rings. The molecule has 9 nitrogen and oxygen atoms in total. The van der Waals surface area contributed by atoms with E-state index >= 15 is 0 Å². The van der Waals surface area contributed by atoms with E-state index in [-0.39, 0.29) is 30.5 Å². The lowest BCUT2D eigenvalue weighted by Gasteiger charge is -2.22. The molecular weight excluding hydrogens is 515 g/mol. The smallest absolute Gasteiger partial charge is 0.261 e. The number of hydrogen-bond donors (Lipinski definition) is 2. The number of rotatable bonds is 9. The first-order valence-electron chi connectivity index (χ1n) is 12.6. The average Bonchev–Trinajstić information content (AvgIpc) is 3.26. The van der Waals surface area contributed by atoms with Crippen molar-refractivity contribution in [2.24, 2.45) is 4.99 Å². The normalized spacial score (nSPS) is 16.2. The number of aliphatic imine (C=N–C) groups is 1. The molecule has 1 unspecified atom stereocenters. The van der Waals surface area contributed by atoms with Crippen molar-refractivity contribution in [1.82, 2.24) is 5.32 Å². The average molecular weight is 547 g/mol. The summed E-state index contributed by atoms with van der Waals surface area (Å²) in [5.74, 6) is 0.629. The Kier molecular flexibility index (Phi) is 7.93. The van der Waals surface area contributed by atoms with Gasteiger partial charge in [-0.1, -0.05) is 18.2 Å². The van der Waals surface area contributed by atoms with Gasteiger partial charge >= 0.3 is 0 Å². The van der Waals surface area contributed by atoms with Gasteiger partial charge in [-0.3, -0.25) is 19.5 Å². The molecule has 202 valence electrons. The van der Waals surface area contributed by atoms with Gasteiger partial charge in [0.05, 0.1) is 37.1 Å². The third kappa shape index (κ3) is 5.52. The fourth-order valence-corrected chi connectivity index (χ4v) is 5.02. The molecule has 2 amide bonds. The second kappa shape index (κ2) is 11.5. The van der Waals surface area contributed by atoms with Crippen molar-refractivity contribution in [1.29, 1.82) is 0 Å². The van der Waals surface area contributed by atoms with E-state index in [9.17, 15) is 9.59 Å². The van der Waals surface area contributed by atoms with E-state index in [1.54, 1.807) is 38.1 Å². The van der Waals surface area contributed by atoms with Crippen LogP contribution in [0.2, 0.25) is 0 Å². The zero-order valence-electron chi connectivity index (χ0n) is 22.1. The molecule has 0 radical (unpaired) electrons. The topological polar surface area (TPSA) is 101 Å². The predicted molar refractivity (Wildman–Crippen MR) is 154 cm³/mol. The van der Waals surface area contributed by atoms with Crippen LogP contribution in [0, 0.1) is 0 Å². The molecule has 0 bridgehead atoms. The predicted octanol–water partition coefficient (Wildman–Crippen LogP) is 4.41. The molecule has 0 fully saturated rings. The Morgan fingerprint density at radius 2 is 1.90 bits per heavy atom. The summed E-state index contributed by atoms with van der Waals surface area (Å²) in [5.41, 5.74) is 5.37. The molecule has 0 saturated carbocycles. The van der Waals surface area contributed by atoms with Gasteiger partial charge in [-0.15, -0.1) is 0 Å². The van der Waals surface area contributed by atoms with Crippen molar-refractivity contribution in [3.05, 3.63) is 76.9 Å². The first-order valence-corrected chi connectivity index (χ1v) is 13.1. The van der Waals surface area contributed by atoms with Crippen LogP contribution in [0.15, 0.2) is 59.6 Å². The van der Waals surface area contributed by atoms with Crippen LogP contribution in [0.3, 0.4) is 0 Å². The fraction of sp³-hybridized carbons (Fsp3) is 0.276. The largest absolute Gasteiger partial charge is 0.493 e. The molecule has 2 aliphatic heterocycles. The van der Waals surface area contributed by atoms with Gasteiger partial charge in [-0.2, -0.15) is 0 Å². The number of ether oxygens (including phenoxy) is 2. The van der Waals surface area contributed by atoms with E-state index in [4.69, 9.17) is 14.0 Å². The molecule has 10 heteroatoms. The monoisotopic (exact) mass is 546 g/mol. The highest BCUT2D eigenvalue weighted by atomic mass is 31.0. The number of fused-ring (bicyclic) bond motifs is 4. The number of nitrogens with one attached hydrogen (secondary N) is 2. The fourth-order valence-electron chi connectivity index (χ4n) is 4.83. The van der Waals surface area contributed by atoms with Crippen molar-refractivity contribution in [2.45, 2.75) is 38.6 Å². The van der Waals surface area contributed by atoms with Gasteiger partial charge in [0.1, 0.15) is 6.61 Å². The van der Waals surface area contributed by atoms with E-state index in [0.717, 1.165) is 28.8 Å². The summed E-state index contributed by atoms with van der Waals surface area (Å²) >= 11 is 0. The molecule has 0 saturated heterocycles. The third-order valence-corrected chi connectivity index (χ3v) is 7.09. The summed E-state index contributed by atoms with van der Waals surface area (Å²) in [6.45, 7) is 2.34. The van der Waals surface area contributed by atoms with Crippen LogP contribution in [0.5, 0.6) is 11.5 Å². The van der Waals surface area contributed by atoms with Gasteiger partial charge in [-0.25, -0.2) is 0 Å². The van der Waals surface area contributed by atoms with Gasteiger partial charge in [0, 0.05) is 39.5 Å². The van der Waals surface area contributed by atoms with E-state index in [0.29, 0.717) is 35.0 Å². The van der Waals surface area contributed by atoms with E-state index in [1.165, 1.54) is 0 Å². The van der Waals surface area contributed by atoms with Crippen molar-refractivity contribution >= 4 is 44.6 Å². The molecule has 2 heterocycles. The molecule has 2 aliphatic rings. The highest BCUT2D eigenvalue weighted by molar-refractivity contribution is 7.09. The molecule has 3 aromatic carbocycles. The van der Waals surface area contributed by atoms with Crippen molar-refractivity contribution in [3.8, 4) is 11.5 Å². The zero-order valence-corrected chi connectivity index (χ0v) is 23.2. The number of likely N-dealkylation sites (N-methyl/N-ethyl adjacent to an activating group) is 1. The minimum atomic E-state index is -0.345. The maximum atomic E-state index is 13.6. The Morgan fingerprint density at radius 1 is 1.13 bits per heavy atom. The number of carbonyl (C=O) groups excluding carboxylic acids is 2. The summed E-state index contributed by atoms with van der Waals surface area (Å²) in [5, 5.41) is 5.86. The van der Waals surface area contributed by atoms with Crippen LogP contribution in [-0.2, 0) is 29.0 Å². The summed E-state index contributed by atoms with van der Waals surface area (Å²) in [6.07, 6.45) is 2.55. The Hall–Kier alpha value is -3.78. The van der Waals surface area contributed by atoms with Gasteiger partial charge in [0.15, 0.2) is 11.5 Å². The Balaban J connectivity index is 1.40. The number of hydrogen-bond acceptors (Lipinski definition) is 7. The van der Waals surface area contributed by atoms with Crippen LogP contribution in [0.4, 0.5) is 17.1 Å². The van der Waals surface area contributed by atoms with Gasteiger partial charge in [0.25, 0.3) is 5.91 Å². The summed E-state index contributed by atoms with van der Waals surface area (Å²) in [7, 11) is 5.51. The minimum Gasteiger partial charge on any atom is -0.493 e. The van der Waals surface area contributed by atoms with Crippen LogP contribution >= 0.6 is 9.47 Å². The lowest BCUT2D eigenvalue weighted by atomic mass is 10.1. The molecule has 0 spiro atoms. The lowest BCUT2D eigenvalue weighted by molar-refractivity contribution is -0.117. The minimum absolute atomic E-state index is 0.122. The first-order chi connectivity index (χ1) is 18.9. The Labute approximate surface area is 229 Å². The number of benzene rings is 3.